The highest BCUT2D eigenvalue weighted by Gasteiger charge is 2.25. The van der Waals surface area contributed by atoms with Crippen molar-refractivity contribution >= 4 is 23.6 Å². The lowest BCUT2D eigenvalue weighted by molar-refractivity contribution is 0.104. The second-order valence-corrected chi connectivity index (χ2v) is 7.02. The minimum Gasteiger partial charge on any atom is -0.318 e. The Labute approximate surface area is 145 Å². The van der Waals surface area contributed by atoms with Crippen LogP contribution in [0.25, 0.3) is 11.8 Å². The van der Waals surface area contributed by atoms with Gasteiger partial charge in [0, 0.05) is 27.5 Å². The molecule has 1 aliphatic heterocycles. The molecule has 4 rings (SSSR count). The van der Waals surface area contributed by atoms with Crippen molar-refractivity contribution in [2.75, 3.05) is 0 Å². The van der Waals surface area contributed by atoms with Gasteiger partial charge in [-0.25, -0.2) is 0 Å². The molecule has 1 aliphatic rings. The van der Waals surface area contributed by atoms with Crippen LogP contribution in [0.5, 0.6) is 0 Å². The molecular formula is C21H17NOS. The highest BCUT2D eigenvalue weighted by atomic mass is 32.2. The van der Waals surface area contributed by atoms with Crippen molar-refractivity contribution in [2.45, 2.75) is 18.7 Å². The van der Waals surface area contributed by atoms with Crippen molar-refractivity contribution in [3.05, 3.63) is 88.1 Å². The van der Waals surface area contributed by atoms with E-state index in [1.807, 2.05) is 48.5 Å². The summed E-state index contributed by atoms with van der Waals surface area (Å²) in [6, 6.07) is 20.2. The Morgan fingerprint density at radius 2 is 1.67 bits per heavy atom. The number of thioether (sulfide) groups is 1. The van der Waals surface area contributed by atoms with Crippen LogP contribution in [0.15, 0.2) is 70.5 Å². The van der Waals surface area contributed by atoms with Crippen LogP contribution in [0.4, 0.5) is 0 Å². The predicted molar refractivity (Wildman–Crippen MR) is 99.8 cm³/mol. The van der Waals surface area contributed by atoms with Crippen molar-refractivity contribution in [3.63, 3.8) is 0 Å². The van der Waals surface area contributed by atoms with Gasteiger partial charge in [-0.15, -0.1) is 0 Å². The molecule has 2 heterocycles. The van der Waals surface area contributed by atoms with E-state index in [2.05, 4.69) is 36.6 Å². The van der Waals surface area contributed by atoms with E-state index < -0.39 is 0 Å². The first-order valence-electron chi connectivity index (χ1n) is 7.93. The summed E-state index contributed by atoms with van der Waals surface area (Å²) in [6.45, 7) is 4.20. The number of Topliss-reactive ketones (excluding diaryl/α,β-unsaturated/α-hetero) is 1. The largest absolute Gasteiger partial charge is 0.318 e. The van der Waals surface area contributed by atoms with Gasteiger partial charge in [-0.2, -0.15) is 0 Å². The maximum Gasteiger partial charge on any atom is 0.200 e. The summed E-state index contributed by atoms with van der Waals surface area (Å²) in [7, 11) is 0. The van der Waals surface area contributed by atoms with Gasteiger partial charge >= 0.3 is 0 Å². The molecular weight excluding hydrogens is 314 g/mol. The standard InChI is InChI=1S/C21H17NOS/c1-14-12-16(15(2)22(14)17-8-4-3-5-9-17)13-20-21(23)18-10-6-7-11-19(18)24-20/h3-13H,1-2H3/b20-13-. The Balaban J connectivity index is 1.76. The summed E-state index contributed by atoms with van der Waals surface area (Å²) >= 11 is 1.56. The van der Waals surface area contributed by atoms with Gasteiger partial charge in [0.1, 0.15) is 0 Å². The Kier molecular flexibility index (Phi) is 3.66. The fraction of sp³-hybridized carbons (Fsp3) is 0.0952. The van der Waals surface area contributed by atoms with Gasteiger partial charge in [0.25, 0.3) is 0 Å². The second-order valence-electron chi connectivity index (χ2n) is 5.93. The first-order valence-corrected chi connectivity index (χ1v) is 8.74. The van der Waals surface area contributed by atoms with Crippen molar-refractivity contribution < 1.29 is 4.79 Å². The van der Waals surface area contributed by atoms with E-state index in [1.165, 1.54) is 5.69 Å². The van der Waals surface area contributed by atoms with E-state index in [1.54, 1.807) is 11.8 Å². The zero-order valence-corrected chi connectivity index (χ0v) is 14.4. The van der Waals surface area contributed by atoms with Gasteiger partial charge in [0.05, 0.1) is 4.91 Å². The summed E-state index contributed by atoms with van der Waals surface area (Å²) < 4.78 is 2.23. The zero-order chi connectivity index (χ0) is 16.7. The number of aromatic nitrogens is 1. The third-order valence-electron chi connectivity index (χ3n) is 4.35. The number of para-hydroxylation sites is 1. The lowest BCUT2D eigenvalue weighted by Gasteiger charge is -2.09. The zero-order valence-electron chi connectivity index (χ0n) is 13.6. The SMILES string of the molecule is Cc1cc(/C=C2\Sc3ccccc3C2=O)c(C)n1-c1ccccc1. The van der Waals surface area contributed by atoms with Crippen molar-refractivity contribution in [2.24, 2.45) is 0 Å². The molecule has 0 saturated carbocycles. The second kappa shape index (κ2) is 5.84. The fourth-order valence-corrected chi connectivity index (χ4v) is 4.23. The summed E-state index contributed by atoms with van der Waals surface area (Å²) in [6.07, 6.45) is 2.02. The molecule has 118 valence electrons. The van der Waals surface area contributed by atoms with Gasteiger partial charge in [0.15, 0.2) is 0 Å². The third kappa shape index (κ3) is 2.42. The molecule has 0 saturated heterocycles. The fourth-order valence-electron chi connectivity index (χ4n) is 3.19. The molecule has 1 aromatic heterocycles. The molecule has 3 aromatic rings. The van der Waals surface area contributed by atoms with Crippen LogP contribution in [-0.2, 0) is 0 Å². The van der Waals surface area contributed by atoms with Crippen LogP contribution >= 0.6 is 11.8 Å². The van der Waals surface area contributed by atoms with E-state index in [9.17, 15) is 4.79 Å². The topological polar surface area (TPSA) is 22.0 Å². The number of ketones is 1. The minimum atomic E-state index is 0.125. The van der Waals surface area contributed by atoms with Crippen LogP contribution in [0.2, 0.25) is 0 Å². The number of benzene rings is 2. The Morgan fingerprint density at radius 1 is 0.958 bits per heavy atom. The number of carbonyl (C=O) groups is 1. The van der Waals surface area contributed by atoms with Gasteiger partial charge in [-0.3, -0.25) is 4.79 Å². The number of nitrogens with zero attached hydrogens (tertiary/aromatic N) is 1. The quantitative estimate of drug-likeness (QED) is 0.585. The normalized spacial score (nSPS) is 15.1. The average Bonchev–Trinajstić information content (AvgIpc) is 3.06. The van der Waals surface area contributed by atoms with Crippen LogP contribution < -0.4 is 0 Å². The number of hydrogen-bond donors (Lipinski definition) is 0. The maximum absolute atomic E-state index is 12.6. The number of rotatable bonds is 2. The smallest absolute Gasteiger partial charge is 0.200 e. The Hall–Kier alpha value is -2.52. The highest BCUT2D eigenvalue weighted by molar-refractivity contribution is 8.04. The van der Waals surface area contributed by atoms with Crippen LogP contribution in [0, 0.1) is 13.8 Å². The number of hydrogen-bond acceptors (Lipinski definition) is 2. The van der Waals surface area contributed by atoms with Crippen molar-refractivity contribution in [1.29, 1.82) is 0 Å². The van der Waals surface area contributed by atoms with Gasteiger partial charge in [0.2, 0.25) is 5.78 Å². The molecule has 2 nitrogen and oxygen atoms in total. The van der Waals surface area contributed by atoms with Crippen LogP contribution in [0.3, 0.4) is 0 Å². The first kappa shape index (κ1) is 15.0. The molecule has 0 spiro atoms. The number of allylic oxidation sites excluding steroid dienone is 1. The molecule has 2 aromatic carbocycles. The number of fused-ring (bicyclic) bond motifs is 1. The van der Waals surface area contributed by atoms with Crippen LogP contribution in [-0.4, -0.2) is 10.4 Å². The average molecular weight is 331 g/mol. The lowest BCUT2D eigenvalue weighted by atomic mass is 10.1. The highest BCUT2D eigenvalue weighted by Crippen LogP contribution is 2.41. The Morgan fingerprint density at radius 3 is 2.42 bits per heavy atom. The van der Waals surface area contributed by atoms with E-state index in [0.717, 1.165) is 32.3 Å². The minimum absolute atomic E-state index is 0.125. The molecule has 0 amide bonds. The van der Waals surface area contributed by atoms with Crippen molar-refractivity contribution in [1.82, 2.24) is 4.57 Å². The molecule has 0 aliphatic carbocycles. The molecule has 0 radical (unpaired) electrons. The van der Waals surface area contributed by atoms with E-state index >= 15 is 0 Å². The van der Waals surface area contributed by atoms with Gasteiger partial charge < -0.3 is 4.57 Å². The molecule has 0 N–H and O–H groups in total. The molecule has 3 heteroatoms. The Bertz CT molecular complexity index is 967. The molecule has 0 atom stereocenters. The first-order chi connectivity index (χ1) is 11.6. The van der Waals surface area contributed by atoms with Crippen molar-refractivity contribution in [3.8, 4) is 5.69 Å². The van der Waals surface area contributed by atoms with E-state index in [0.29, 0.717) is 0 Å². The maximum atomic E-state index is 12.6. The summed E-state index contributed by atoms with van der Waals surface area (Å²) in [5, 5.41) is 0. The molecule has 24 heavy (non-hydrogen) atoms. The molecule has 0 fully saturated rings. The molecule has 0 bridgehead atoms. The number of aryl methyl sites for hydroxylation is 1. The van der Waals surface area contributed by atoms with E-state index in [4.69, 9.17) is 0 Å². The van der Waals surface area contributed by atoms with Crippen LogP contribution in [0.1, 0.15) is 27.3 Å². The lowest BCUT2D eigenvalue weighted by Crippen LogP contribution is -1.98. The van der Waals surface area contributed by atoms with E-state index in [-0.39, 0.29) is 5.78 Å². The third-order valence-corrected chi connectivity index (χ3v) is 5.45. The summed E-state index contributed by atoms with van der Waals surface area (Å²) in [5.74, 6) is 0.125. The predicted octanol–water partition coefficient (Wildman–Crippen LogP) is 5.42. The molecule has 0 unspecified atom stereocenters. The van der Waals surface area contributed by atoms with Gasteiger partial charge in [-0.1, -0.05) is 42.1 Å². The summed E-state index contributed by atoms with van der Waals surface area (Å²) in [5.41, 5.74) is 5.37. The van der Waals surface area contributed by atoms with Gasteiger partial charge in [-0.05, 0) is 55.8 Å². The summed E-state index contributed by atoms with van der Waals surface area (Å²) in [4.78, 5) is 14.4. The monoisotopic (exact) mass is 331 g/mol. The number of carbonyl (C=O) groups excluding carboxylic acids is 1.